The van der Waals surface area contributed by atoms with Gasteiger partial charge in [-0.25, -0.2) is 10.9 Å². The van der Waals surface area contributed by atoms with Crippen LogP contribution in [-0.2, 0) is 9.59 Å². The molecule has 1 heterocycles. The topological polar surface area (TPSA) is 92.1 Å². The van der Waals surface area contributed by atoms with E-state index in [1.54, 1.807) is 56.3 Å². The first-order chi connectivity index (χ1) is 13.9. The SMILES string of the molecule is CC1=NNC(=O)/C1=C\c1ccc(OCC(=O)N/N=C(\C)c2ccc(Cl)cc2)cc1. The quantitative estimate of drug-likeness (QED) is 0.435. The van der Waals surface area contributed by atoms with E-state index in [2.05, 4.69) is 21.1 Å². The van der Waals surface area contributed by atoms with E-state index in [-0.39, 0.29) is 18.4 Å². The van der Waals surface area contributed by atoms with Gasteiger partial charge in [0, 0.05) is 5.02 Å². The van der Waals surface area contributed by atoms with Gasteiger partial charge < -0.3 is 4.74 Å². The summed E-state index contributed by atoms with van der Waals surface area (Å²) in [5.41, 5.74) is 8.37. The van der Waals surface area contributed by atoms with Crippen LogP contribution in [0.15, 0.2) is 64.3 Å². The van der Waals surface area contributed by atoms with Gasteiger partial charge in [0.1, 0.15) is 5.75 Å². The average Bonchev–Trinajstić information content (AvgIpc) is 3.04. The molecule has 0 aromatic heterocycles. The van der Waals surface area contributed by atoms with Crippen molar-refractivity contribution in [2.24, 2.45) is 10.2 Å². The molecule has 2 aromatic rings. The van der Waals surface area contributed by atoms with Crippen LogP contribution in [0.1, 0.15) is 25.0 Å². The molecule has 0 atom stereocenters. The van der Waals surface area contributed by atoms with Gasteiger partial charge in [0.05, 0.1) is 17.0 Å². The molecule has 1 aliphatic heterocycles. The first kappa shape index (κ1) is 20.3. The Balaban J connectivity index is 1.52. The molecule has 8 heteroatoms. The molecule has 3 rings (SSSR count). The summed E-state index contributed by atoms with van der Waals surface area (Å²) >= 11 is 5.86. The number of hydrazone groups is 2. The molecule has 0 unspecified atom stereocenters. The number of hydrogen-bond donors (Lipinski definition) is 2. The molecular formula is C21H19ClN4O3. The average molecular weight is 411 g/mol. The Kier molecular flexibility index (Phi) is 6.41. The van der Waals surface area contributed by atoms with Crippen molar-refractivity contribution in [3.8, 4) is 5.75 Å². The highest BCUT2D eigenvalue weighted by Crippen LogP contribution is 2.16. The molecule has 148 valence electrons. The summed E-state index contributed by atoms with van der Waals surface area (Å²) in [6.07, 6.45) is 1.74. The molecule has 1 aliphatic rings. The van der Waals surface area contributed by atoms with Gasteiger partial charge in [0.2, 0.25) is 0 Å². The second-order valence-corrected chi connectivity index (χ2v) is 6.73. The second-order valence-electron chi connectivity index (χ2n) is 6.29. The minimum atomic E-state index is -0.376. The summed E-state index contributed by atoms with van der Waals surface area (Å²) in [5.74, 6) is -0.0742. The first-order valence-electron chi connectivity index (χ1n) is 8.81. The fraction of sp³-hybridized carbons (Fsp3) is 0.143. The van der Waals surface area contributed by atoms with Gasteiger partial charge in [0.25, 0.3) is 11.8 Å². The predicted octanol–water partition coefficient (Wildman–Crippen LogP) is 3.15. The number of carbonyl (C=O) groups is 2. The number of nitrogens with zero attached hydrogens (tertiary/aromatic N) is 2. The molecule has 0 aliphatic carbocycles. The first-order valence-corrected chi connectivity index (χ1v) is 9.19. The van der Waals surface area contributed by atoms with Gasteiger partial charge in [-0.3, -0.25) is 9.59 Å². The van der Waals surface area contributed by atoms with Crippen LogP contribution >= 0.6 is 11.6 Å². The number of nitrogens with one attached hydrogen (secondary N) is 2. The van der Waals surface area contributed by atoms with Crippen LogP contribution in [0.5, 0.6) is 5.75 Å². The summed E-state index contributed by atoms with van der Waals surface area (Å²) in [6.45, 7) is 3.37. The second kappa shape index (κ2) is 9.16. The number of benzene rings is 2. The summed E-state index contributed by atoms with van der Waals surface area (Å²) in [4.78, 5) is 23.6. The molecule has 0 spiro atoms. The maximum atomic E-state index is 11.9. The lowest BCUT2D eigenvalue weighted by atomic mass is 10.1. The van der Waals surface area contributed by atoms with Gasteiger partial charge in [0.15, 0.2) is 6.61 Å². The van der Waals surface area contributed by atoms with Crippen molar-refractivity contribution in [1.29, 1.82) is 0 Å². The summed E-state index contributed by atoms with van der Waals surface area (Å²) in [7, 11) is 0. The van der Waals surface area contributed by atoms with Crippen LogP contribution in [0, 0.1) is 0 Å². The van der Waals surface area contributed by atoms with Gasteiger partial charge in [-0.15, -0.1) is 0 Å². The summed E-state index contributed by atoms with van der Waals surface area (Å²) < 4.78 is 5.47. The zero-order chi connectivity index (χ0) is 20.8. The summed E-state index contributed by atoms with van der Waals surface area (Å²) in [6, 6.07) is 14.2. The Morgan fingerprint density at radius 1 is 1.21 bits per heavy atom. The largest absolute Gasteiger partial charge is 0.484 e. The van der Waals surface area contributed by atoms with E-state index in [0.717, 1.165) is 11.1 Å². The molecule has 7 nitrogen and oxygen atoms in total. The Morgan fingerprint density at radius 3 is 2.52 bits per heavy atom. The zero-order valence-electron chi connectivity index (χ0n) is 15.9. The summed E-state index contributed by atoms with van der Waals surface area (Å²) in [5, 5.41) is 8.57. The van der Waals surface area contributed by atoms with E-state index < -0.39 is 0 Å². The van der Waals surface area contributed by atoms with Crippen LogP contribution in [0.25, 0.3) is 6.08 Å². The normalized spacial score (nSPS) is 15.1. The van der Waals surface area contributed by atoms with E-state index in [4.69, 9.17) is 16.3 Å². The minimum Gasteiger partial charge on any atom is -0.484 e. The van der Waals surface area contributed by atoms with Gasteiger partial charge >= 0.3 is 0 Å². The third-order valence-electron chi connectivity index (χ3n) is 4.13. The van der Waals surface area contributed by atoms with Crippen LogP contribution in [0.3, 0.4) is 0 Å². The maximum Gasteiger partial charge on any atom is 0.277 e. The van der Waals surface area contributed by atoms with Gasteiger partial charge in [-0.05, 0) is 55.3 Å². The Morgan fingerprint density at radius 2 is 1.90 bits per heavy atom. The standard InChI is InChI=1S/C21H19ClN4O3/c1-13(16-5-7-17(22)8-6-16)23-25-20(27)12-29-18-9-3-15(4-10-18)11-19-14(2)24-26-21(19)28/h3-11H,12H2,1-2H3,(H,25,27)(H,26,28)/b19-11-,23-13+. The zero-order valence-corrected chi connectivity index (χ0v) is 16.7. The molecule has 29 heavy (non-hydrogen) atoms. The monoisotopic (exact) mass is 410 g/mol. The number of ether oxygens (including phenoxy) is 1. The number of carbonyl (C=O) groups excluding carboxylic acids is 2. The molecule has 0 bridgehead atoms. The van der Waals surface area contributed by atoms with E-state index in [1.807, 2.05) is 12.1 Å². The molecule has 2 amide bonds. The number of rotatable bonds is 6. The van der Waals surface area contributed by atoms with Crippen molar-refractivity contribution in [2.45, 2.75) is 13.8 Å². The lowest BCUT2D eigenvalue weighted by molar-refractivity contribution is -0.123. The molecular weight excluding hydrogens is 392 g/mol. The van der Waals surface area contributed by atoms with Crippen molar-refractivity contribution in [3.05, 3.63) is 70.3 Å². The van der Waals surface area contributed by atoms with Crippen molar-refractivity contribution in [3.63, 3.8) is 0 Å². The van der Waals surface area contributed by atoms with Crippen LogP contribution in [0.2, 0.25) is 5.02 Å². The van der Waals surface area contributed by atoms with Gasteiger partial charge in [-0.2, -0.15) is 10.2 Å². The van der Waals surface area contributed by atoms with Crippen LogP contribution < -0.4 is 15.6 Å². The van der Waals surface area contributed by atoms with E-state index in [9.17, 15) is 9.59 Å². The number of amides is 2. The highest BCUT2D eigenvalue weighted by molar-refractivity contribution is 6.30. The third kappa shape index (κ3) is 5.52. The number of halogens is 1. The van der Waals surface area contributed by atoms with Crippen molar-refractivity contribution >= 4 is 40.9 Å². The molecule has 0 fully saturated rings. The van der Waals surface area contributed by atoms with Gasteiger partial charge in [-0.1, -0.05) is 35.9 Å². The Bertz CT molecular complexity index is 1010. The predicted molar refractivity (Wildman–Crippen MR) is 113 cm³/mol. The van der Waals surface area contributed by atoms with E-state index >= 15 is 0 Å². The molecule has 0 saturated heterocycles. The van der Waals surface area contributed by atoms with Crippen LogP contribution in [0.4, 0.5) is 0 Å². The molecule has 0 saturated carbocycles. The molecule has 2 aromatic carbocycles. The fourth-order valence-electron chi connectivity index (χ4n) is 2.50. The Labute approximate surface area is 173 Å². The lowest BCUT2D eigenvalue weighted by Gasteiger charge is -2.06. The smallest absolute Gasteiger partial charge is 0.277 e. The van der Waals surface area contributed by atoms with Crippen molar-refractivity contribution in [1.82, 2.24) is 10.9 Å². The maximum absolute atomic E-state index is 11.9. The highest BCUT2D eigenvalue weighted by atomic mass is 35.5. The fourth-order valence-corrected chi connectivity index (χ4v) is 2.63. The van der Waals surface area contributed by atoms with E-state index in [1.165, 1.54) is 0 Å². The molecule has 0 radical (unpaired) electrons. The van der Waals surface area contributed by atoms with Crippen LogP contribution in [-0.4, -0.2) is 29.8 Å². The lowest BCUT2D eigenvalue weighted by Crippen LogP contribution is -2.25. The highest BCUT2D eigenvalue weighted by Gasteiger charge is 2.18. The third-order valence-corrected chi connectivity index (χ3v) is 4.38. The van der Waals surface area contributed by atoms with Crippen molar-refractivity contribution in [2.75, 3.05) is 6.61 Å². The van der Waals surface area contributed by atoms with Crippen molar-refractivity contribution < 1.29 is 14.3 Å². The van der Waals surface area contributed by atoms with E-state index in [0.29, 0.717) is 27.8 Å². The number of hydrogen-bond acceptors (Lipinski definition) is 5. The Hall–Kier alpha value is -3.45. The minimum absolute atomic E-state index is 0.175. The molecule has 2 N–H and O–H groups in total.